The third kappa shape index (κ3) is 7.86. The number of ether oxygens (including phenoxy) is 2. The van der Waals surface area contributed by atoms with Gasteiger partial charge in [-0.25, -0.2) is 9.59 Å². The van der Waals surface area contributed by atoms with Crippen LogP contribution in [0.4, 0.5) is 9.59 Å². The highest BCUT2D eigenvalue weighted by atomic mass is 16.6. The van der Waals surface area contributed by atoms with Gasteiger partial charge in [0.05, 0.1) is 0 Å². The van der Waals surface area contributed by atoms with Gasteiger partial charge in [-0.1, -0.05) is 0 Å². The summed E-state index contributed by atoms with van der Waals surface area (Å²) in [6.45, 7) is 12.6. The van der Waals surface area contributed by atoms with Crippen molar-refractivity contribution in [1.29, 1.82) is 0 Å². The van der Waals surface area contributed by atoms with E-state index in [1.54, 1.807) is 4.90 Å². The summed E-state index contributed by atoms with van der Waals surface area (Å²) in [4.78, 5) is 25.6. The van der Waals surface area contributed by atoms with Gasteiger partial charge < -0.3 is 25.4 Å². The fourth-order valence-corrected chi connectivity index (χ4v) is 2.48. The van der Waals surface area contributed by atoms with Gasteiger partial charge in [0, 0.05) is 25.7 Å². The maximum Gasteiger partial charge on any atom is 0.410 e. The molecule has 0 unspecified atom stereocenters. The molecule has 0 aromatic carbocycles. The monoisotopic (exact) mass is 343 g/mol. The van der Waals surface area contributed by atoms with Crippen LogP contribution in [0.5, 0.6) is 0 Å². The molecule has 0 spiro atoms. The number of hydrogen-bond acceptors (Lipinski definition) is 5. The standard InChI is InChI=1S/C17H33N3O4/c1-16(2,3)23-14(21)19-11-12-7-9-20(10-8-13(12)18)15(22)24-17(4,5)6/h12-13H,7-11,18H2,1-6H3,(H,19,21)/t12-,13-/m0/s1. The minimum absolute atomic E-state index is 0.0765. The summed E-state index contributed by atoms with van der Waals surface area (Å²) in [6, 6.07) is -0.0765. The second-order valence-electron chi connectivity index (χ2n) is 8.35. The zero-order chi connectivity index (χ0) is 18.5. The van der Waals surface area contributed by atoms with E-state index in [4.69, 9.17) is 15.2 Å². The molecule has 0 aromatic rings. The van der Waals surface area contributed by atoms with E-state index in [2.05, 4.69) is 5.32 Å². The Morgan fingerprint density at radius 1 is 1.04 bits per heavy atom. The topological polar surface area (TPSA) is 93.9 Å². The minimum atomic E-state index is -0.525. The molecule has 7 heteroatoms. The van der Waals surface area contributed by atoms with E-state index in [-0.39, 0.29) is 18.1 Å². The summed E-state index contributed by atoms with van der Waals surface area (Å²) >= 11 is 0. The van der Waals surface area contributed by atoms with Crippen molar-refractivity contribution in [3.63, 3.8) is 0 Å². The second-order valence-corrected chi connectivity index (χ2v) is 8.35. The third-order valence-corrected chi connectivity index (χ3v) is 3.67. The number of rotatable bonds is 2. The molecule has 2 amide bonds. The van der Waals surface area contributed by atoms with Gasteiger partial charge in [-0.3, -0.25) is 0 Å². The van der Waals surface area contributed by atoms with E-state index in [0.717, 1.165) is 6.42 Å². The lowest BCUT2D eigenvalue weighted by Gasteiger charge is -2.26. The van der Waals surface area contributed by atoms with E-state index in [9.17, 15) is 9.59 Å². The van der Waals surface area contributed by atoms with Crippen molar-refractivity contribution in [2.45, 2.75) is 71.6 Å². The Hall–Kier alpha value is -1.50. The van der Waals surface area contributed by atoms with E-state index in [1.807, 2.05) is 41.5 Å². The van der Waals surface area contributed by atoms with E-state index < -0.39 is 17.3 Å². The highest BCUT2D eigenvalue weighted by Crippen LogP contribution is 2.19. The highest BCUT2D eigenvalue weighted by molar-refractivity contribution is 5.68. The number of nitrogens with zero attached hydrogens (tertiary/aromatic N) is 1. The molecule has 0 bridgehead atoms. The van der Waals surface area contributed by atoms with Crippen LogP contribution in [0.1, 0.15) is 54.4 Å². The molecular weight excluding hydrogens is 310 g/mol. The largest absolute Gasteiger partial charge is 0.444 e. The summed E-state index contributed by atoms with van der Waals surface area (Å²) in [6.07, 6.45) is 0.647. The van der Waals surface area contributed by atoms with Crippen LogP contribution in [-0.4, -0.2) is 54.0 Å². The highest BCUT2D eigenvalue weighted by Gasteiger charge is 2.29. The molecule has 140 valence electrons. The van der Waals surface area contributed by atoms with Gasteiger partial charge in [0.2, 0.25) is 0 Å². The normalized spacial score (nSPS) is 22.5. The Kier molecular flexibility index (Phi) is 6.89. The van der Waals surface area contributed by atoms with Gasteiger partial charge in [-0.05, 0) is 60.3 Å². The molecule has 1 aliphatic heterocycles. The lowest BCUT2D eigenvalue weighted by Crippen LogP contribution is -2.41. The van der Waals surface area contributed by atoms with Crippen LogP contribution >= 0.6 is 0 Å². The number of amides is 2. The predicted octanol–water partition coefficient (Wildman–Crippen LogP) is 2.49. The number of likely N-dealkylation sites (tertiary alicyclic amines) is 1. The first kappa shape index (κ1) is 20.5. The molecule has 1 rings (SSSR count). The molecule has 3 N–H and O–H groups in total. The van der Waals surface area contributed by atoms with Gasteiger partial charge in [0.15, 0.2) is 0 Å². The maximum absolute atomic E-state index is 12.2. The summed E-state index contributed by atoms with van der Waals surface area (Å²) in [7, 11) is 0. The summed E-state index contributed by atoms with van der Waals surface area (Å²) in [5, 5.41) is 2.77. The van der Waals surface area contributed by atoms with Crippen LogP contribution in [-0.2, 0) is 9.47 Å². The Morgan fingerprint density at radius 3 is 2.12 bits per heavy atom. The summed E-state index contributed by atoms with van der Waals surface area (Å²) in [5.41, 5.74) is 5.18. The Bertz CT molecular complexity index is 440. The van der Waals surface area contributed by atoms with Crippen LogP contribution in [0.25, 0.3) is 0 Å². The van der Waals surface area contributed by atoms with Crippen LogP contribution in [0, 0.1) is 5.92 Å². The van der Waals surface area contributed by atoms with Crippen molar-refractivity contribution >= 4 is 12.2 Å². The molecule has 1 aliphatic rings. The minimum Gasteiger partial charge on any atom is -0.444 e. The number of nitrogens with two attached hydrogens (primary N) is 1. The Balaban J connectivity index is 2.50. The number of carbonyl (C=O) groups is 2. The fourth-order valence-electron chi connectivity index (χ4n) is 2.48. The molecule has 0 saturated carbocycles. The maximum atomic E-state index is 12.2. The van der Waals surface area contributed by atoms with Crippen molar-refractivity contribution in [1.82, 2.24) is 10.2 Å². The van der Waals surface area contributed by atoms with Crippen LogP contribution in [0.3, 0.4) is 0 Å². The number of alkyl carbamates (subject to hydrolysis) is 1. The van der Waals surface area contributed by atoms with Gasteiger partial charge in [-0.2, -0.15) is 0 Å². The molecule has 0 aromatic heterocycles. The van der Waals surface area contributed by atoms with Gasteiger partial charge >= 0.3 is 12.2 Å². The zero-order valence-corrected chi connectivity index (χ0v) is 15.8. The second kappa shape index (κ2) is 8.05. The average molecular weight is 343 g/mol. The fraction of sp³-hybridized carbons (Fsp3) is 0.882. The average Bonchev–Trinajstić information content (AvgIpc) is 2.54. The Morgan fingerprint density at radius 2 is 1.58 bits per heavy atom. The van der Waals surface area contributed by atoms with E-state index in [0.29, 0.717) is 26.1 Å². The number of hydrogen-bond donors (Lipinski definition) is 2. The van der Waals surface area contributed by atoms with Gasteiger partial charge in [0.25, 0.3) is 0 Å². The van der Waals surface area contributed by atoms with Crippen LogP contribution < -0.4 is 11.1 Å². The van der Waals surface area contributed by atoms with Crippen molar-refractivity contribution in [2.24, 2.45) is 11.7 Å². The molecule has 7 nitrogen and oxygen atoms in total. The Labute approximate surface area is 145 Å². The predicted molar refractivity (Wildman–Crippen MR) is 92.7 cm³/mol. The van der Waals surface area contributed by atoms with Crippen LogP contribution in [0.15, 0.2) is 0 Å². The third-order valence-electron chi connectivity index (χ3n) is 3.67. The van der Waals surface area contributed by atoms with E-state index >= 15 is 0 Å². The first-order chi connectivity index (χ1) is 10.9. The van der Waals surface area contributed by atoms with Crippen molar-refractivity contribution in [2.75, 3.05) is 19.6 Å². The summed E-state index contributed by atoms with van der Waals surface area (Å²) < 4.78 is 10.6. The lowest BCUT2D eigenvalue weighted by atomic mass is 9.96. The summed E-state index contributed by atoms with van der Waals surface area (Å²) in [5.74, 6) is 0.102. The molecule has 0 aliphatic carbocycles. The molecule has 0 radical (unpaired) electrons. The smallest absolute Gasteiger partial charge is 0.410 e. The van der Waals surface area contributed by atoms with Crippen molar-refractivity contribution < 1.29 is 19.1 Å². The molecule has 2 atom stereocenters. The van der Waals surface area contributed by atoms with Gasteiger partial charge in [0.1, 0.15) is 11.2 Å². The molecule has 24 heavy (non-hydrogen) atoms. The SMILES string of the molecule is CC(C)(C)OC(=O)NC[C@@H]1CCN(C(=O)OC(C)(C)C)CC[C@@H]1N. The quantitative estimate of drug-likeness (QED) is 0.803. The first-order valence-electron chi connectivity index (χ1n) is 8.58. The van der Waals surface area contributed by atoms with Crippen molar-refractivity contribution in [3.8, 4) is 0 Å². The molecule has 1 fully saturated rings. The van der Waals surface area contributed by atoms with Gasteiger partial charge in [-0.15, -0.1) is 0 Å². The van der Waals surface area contributed by atoms with Crippen molar-refractivity contribution in [3.05, 3.63) is 0 Å². The zero-order valence-electron chi connectivity index (χ0n) is 15.8. The lowest BCUT2D eigenvalue weighted by molar-refractivity contribution is 0.0253. The number of nitrogens with one attached hydrogen (secondary N) is 1. The number of carbonyl (C=O) groups excluding carboxylic acids is 2. The molecule has 1 saturated heterocycles. The molecular formula is C17H33N3O4. The van der Waals surface area contributed by atoms with Crippen LogP contribution in [0.2, 0.25) is 0 Å². The molecule has 1 heterocycles. The first-order valence-corrected chi connectivity index (χ1v) is 8.58. The van der Waals surface area contributed by atoms with E-state index in [1.165, 1.54) is 0 Å².